The molecule has 0 bridgehead atoms. The van der Waals surface area contributed by atoms with Gasteiger partial charge in [-0.05, 0) is 74.8 Å². The van der Waals surface area contributed by atoms with E-state index in [9.17, 15) is 23.2 Å². The van der Waals surface area contributed by atoms with E-state index >= 15 is 0 Å². The van der Waals surface area contributed by atoms with Gasteiger partial charge in [-0.2, -0.15) is 0 Å². The van der Waals surface area contributed by atoms with Crippen molar-refractivity contribution in [1.29, 1.82) is 0 Å². The fourth-order valence-corrected chi connectivity index (χ4v) is 5.77. The Kier molecular flexibility index (Phi) is 7.76. The van der Waals surface area contributed by atoms with Crippen LogP contribution in [0.25, 0.3) is 16.7 Å². The lowest BCUT2D eigenvalue weighted by Gasteiger charge is -2.29. The molecule has 42 heavy (non-hydrogen) atoms. The van der Waals surface area contributed by atoms with E-state index in [1.807, 2.05) is 24.3 Å². The first-order valence-electron chi connectivity index (χ1n) is 14.0. The maximum absolute atomic E-state index is 13.7. The van der Waals surface area contributed by atoms with Crippen molar-refractivity contribution in [3.8, 4) is 5.69 Å². The third kappa shape index (κ3) is 5.78. The van der Waals surface area contributed by atoms with Gasteiger partial charge in [0.2, 0.25) is 5.91 Å². The van der Waals surface area contributed by atoms with Gasteiger partial charge in [-0.25, -0.2) is 18.6 Å². The number of benzene rings is 1. The highest BCUT2D eigenvalue weighted by Crippen LogP contribution is 2.31. The molecule has 2 amide bonds. The predicted octanol–water partition coefficient (Wildman–Crippen LogP) is 5.51. The molecule has 2 aliphatic carbocycles. The smallest absolute Gasteiger partial charge is 0.333 e. The Morgan fingerprint density at radius 1 is 0.976 bits per heavy atom. The third-order valence-electron chi connectivity index (χ3n) is 8.00. The second-order valence-corrected chi connectivity index (χ2v) is 11.4. The first kappa shape index (κ1) is 28.0. The molecule has 2 fully saturated rings. The molecule has 4 aromatic rings. The van der Waals surface area contributed by atoms with Gasteiger partial charge in [0.25, 0.3) is 12.3 Å². The number of halogens is 3. The zero-order valence-electron chi connectivity index (χ0n) is 22.6. The fourth-order valence-electron chi connectivity index (χ4n) is 5.62. The van der Waals surface area contributed by atoms with Crippen molar-refractivity contribution in [1.82, 2.24) is 24.4 Å². The van der Waals surface area contributed by atoms with Gasteiger partial charge in [-0.3, -0.25) is 23.7 Å². The molecule has 0 atom stereocenters. The molecule has 218 valence electrons. The number of alkyl halides is 2. The lowest BCUT2D eigenvalue weighted by molar-refractivity contribution is -0.117. The second-order valence-electron chi connectivity index (χ2n) is 11.0. The maximum Gasteiger partial charge on any atom is 0.333 e. The zero-order valence-corrected chi connectivity index (χ0v) is 23.4. The number of fused-ring (bicyclic) bond motifs is 1. The topological polar surface area (TPSA) is 111 Å². The standard InChI is InChI=1S/C30H29ClF2N6O3/c31-19-13-22(26(27(32)33)35-14-19)29(41)36-20-9-5-17(6-10-20)16-38-23-3-1-2-4-24(23)39(30(38)42)21-11-12-25(34-15-21)37-28(40)18-7-8-18/h1-4,11-15,17-18,20,27H,5-10,16H2,(H,36,41)(H,34,37,40)/t17-,20-. The van der Waals surface area contributed by atoms with Crippen LogP contribution in [0.2, 0.25) is 5.02 Å². The van der Waals surface area contributed by atoms with Crippen LogP contribution < -0.4 is 16.3 Å². The number of rotatable bonds is 8. The number of para-hydroxylation sites is 2. The van der Waals surface area contributed by atoms with E-state index < -0.39 is 18.0 Å². The number of carbonyl (C=O) groups is 2. The number of hydrogen-bond acceptors (Lipinski definition) is 5. The summed E-state index contributed by atoms with van der Waals surface area (Å²) < 4.78 is 30.1. The first-order valence-corrected chi connectivity index (χ1v) is 14.4. The van der Waals surface area contributed by atoms with E-state index in [0.29, 0.717) is 30.9 Å². The van der Waals surface area contributed by atoms with Crippen LogP contribution in [-0.4, -0.2) is 37.0 Å². The number of pyridine rings is 2. The SMILES string of the molecule is O=C(N[C@H]1CC[C@H](Cn2c(=O)n(-c3ccc(NC(=O)C4CC4)nc3)c3ccccc32)CC1)c1cc(Cl)cnc1C(F)F. The number of aromatic nitrogens is 4. The van der Waals surface area contributed by atoms with Crippen LogP contribution >= 0.6 is 11.6 Å². The Balaban J connectivity index is 1.14. The molecule has 0 radical (unpaired) electrons. The van der Waals surface area contributed by atoms with Crippen LogP contribution in [-0.2, 0) is 11.3 Å². The molecule has 0 saturated heterocycles. The van der Waals surface area contributed by atoms with Crippen LogP contribution in [0.4, 0.5) is 14.6 Å². The number of carbonyl (C=O) groups excluding carboxylic acids is 2. The van der Waals surface area contributed by atoms with Gasteiger partial charge < -0.3 is 10.6 Å². The highest BCUT2D eigenvalue weighted by Gasteiger charge is 2.30. The summed E-state index contributed by atoms with van der Waals surface area (Å²) in [6.45, 7) is 0.504. The Labute approximate surface area is 244 Å². The molecule has 0 unspecified atom stereocenters. The van der Waals surface area contributed by atoms with Crippen molar-refractivity contribution in [3.05, 3.63) is 81.6 Å². The highest BCUT2D eigenvalue weighted by molar-refractivity contribution is 6.30. The number of imidazole rings is 1. The Bertz CT molecular complexity index is 1690. The molecule has 2 aliphatic rings. The van der Waals surface area contributed by atoms with Crippen LogP contribution in [0.1, 0.15) is 61.0 Å². The van der Waals surface area contributed by atoms with E-state index in [2.05, 4.69) is 20.6 Å². The molecule has 2 N–H and O–H groups in total. The van der Waals surface area contributed by atoms with Crippen molar-refractivity contribution in [3.63, 3.8) is 0 Å². The summed E-state index contributed by atoms with van der Waals surface area (Å²) in [5.74, 6) is 0.0653. The molecule has 1 aromatic carbocycles. The monoisotopic (exact) mass is 594 g/mol. The first-order chi connectivity index (χ1) is 20.3. The molecular formula is C30H29ClF2N6O3. The van der Waals surface area contributed by atoms with E-state index in [-0.39, 0.29) is 40.1 Å². The molecule has 3 aromatic heterocycles. The van der Waals surface area contributed by atoms with Gasteiger partial charge >= 0.3 is 5.69 Å². The maximum atomic E-state index is 13.7. The second kappa shape index (κ2) is 11.6. The van der Waals surface area contributed by atoms with E-state index in [1.165, 1.54) is 6.07 Å². The van der Waals surface area contributed by atoms with Crippen molar-refractivity contribution < 1.29 is 18.4 Å². The molecule has 2 saturated carbocycles. The number of anilines is 1. The Morgan fingerprint density at radius 3 is 2.38 bits per heavy atom. The summed E-state index contributed by atoms with van der Waals surface area (Å²) >= 11 is 5.90. The van der Waals surface area contributed by atoms with Crippen molar-refractivity contribution in [2.75, 3.05) is 5.32 Å². The Hall–Kier alpha value is -4.12. The molecule has 12 heteroatoms. The minimum Gasteiger partial charge on any atom is -0.349 e. The number of hydrogen-bond donors (Lipinski definition) is 2. The molecule has 3 heterocycles. The average Bonchev–Trinajstić information content (AvgIpc) is 3.80. The molecule has 0 spiro atoms. The number of nitrogens with one attached hydrogen (secondary N) is 2. The van der Waals surface area contributed by atoms with Crippen LogP contribution in [0.5, 0.6) is 0 Å². The van der Waals surface area contributed by atoms with E-state index in [4.69, 9.17) is 11.6 Å². The fraction of sp³-hybridized carbons (Fsp3) is 0.367. The largest absolute Gasteiger partial charge is 0.349 e. The van der Waals surface area contributed by atoms with Crippen molar-refractivity contribution >= 4 is 40.3 Å². The quantitative estimate of drug-likeness (QED) is 0.279. The summed E-state index contributed by atoms with van der Waals surface area (Å²) in [6, 6.07) is 12.1. The average molecular weight is 595 g/mol. The summed E-state index contributed by atoms with van der Waals surface area (Å²) in [5, 5.41) is 5.79. The number of amides is 2. The third-order valence-corrected chi connectivity index (χ3v) is 8.21. The van der Waals surface area contributed by atoms with Crippen LogP contribution in [0.15, 0.2) is 59.7 Å². The van der Waals surface area contributed by atoms with Crippen molar-refractivity contribution in [2.24, 2.45) is 11.8 Å². The van der Waals surface area contributed by atoms with Gasteiger partial charge in [0, 0.05) is 24.7 Å². The predicted molar refractivity (Wildman–Crippen MR) is 154 cm³/mol. The number of nitrogens with zero attached hydrogens (tertiary/aromatic N) is 4. The summed E-state index contributed by atoms with van der Waals surface area (Å²) in [7, 11) is 0. The molecule has 6 rings (SSSR count). The van der Waals surface area contributed by atoms with Gasteiger partial charge in [-0.15, -0.1) is 0 Å². The van der Waals surface area contributed by atoms with Gasteiger partial charge in [0.1, 0.15) is 11.5 Å². The normalized spacial score (nSPS) is 18.8. The summed E-state index contributed by atoms with van der Waals surface area (Å²) in [6.07, 6.45) is 4.41. The summed E-state index contributed by atoms with van der Waals surface area (Å²) in [4.78, 5) is 46.5. The Morgan fingerprint density at radius 2 is 1.71 bits per heavy atom. The van der Waals surface area contributed by atoms with Crippen LogP contribution in [0, 0.1) is 11.8 Å². The highest BCUT2D eigenvalue weighted by atomic mass is 35.5. The lowest BCUT2D eigenvalue weighted by atomic mass is 9.85. The molecular weight excluding hydrogens is 566 g/mol. The van der Waals surface area contributed by atoms with Crippen LogP contribution in [0.3, 0.4) is 0 Å². The van der Waals surface area contributed by atoms with Gasteiger partial charge in [-0.1, -0.05) is 23.7 Å². The van der Waals surface area contributed by atoms with Gasteiger partial charge in [0.15, 0.2) is 0 Å². The lowest BCUT2D eigenvalue weighted by Crippen LogP contribution is -2.39. The minimum absolute atomic E-state index is 0.0299. The zero-order chi connectivity index (χ0) is 29.4. The summed E-state index contributed by atoms with van der Waals surface area (Å²) in [5.41, 5.74) is 1.17. The molecule has 9 nitrogen and oxygen atoms in total. The minimum atomic E-state index is -2.89. The van der Waals surface area contributed by atoms with E-state index in [1.54, 1.807) is 27.5 Å². The van der Waals surface area contributed by atoms with Crippen molar-refractivity contribution in [2.45, 2.75) is 57.5 Å². The van der Waals surface area contributed by atoms with E-state index in [0.717, 1.165) is 42.9 Å². The van der Waals surface area contributed by atoms with Gasteiger partial charge in [0.05, 0.1) is 33.5 Å². The molecule has 0 aliphatic heterocycles.